The predicted molar refractivity (Wildman–Crippen MR) is 58.8 cm³/mol. The van der Waals surface area contributed by atoms with Gasteiger partial charge in [-0.1, -0.05) is 27.7 Å². The van der Waals surface area contributed by atoms with Gasteiger partial charge in [0.2, 0.25) is 0 Å². The molecule has 0 saturated carbocycles. The first-order chi connectivity index (χ1) is 5.91. The molecule has 78 valence electrons. The van der Waals surface area contributed by atoms with E-state index in [4.69, 9.17) is 0 Å². The number of hydrogen-bond donors (Lipinski definition) is 0. The van der Waals surface area contributed by atoms with Crippen LogP contribution < -0.4 is 0 Å². The van der Waals surface area contributed by atoms with Crippen LogP contribution in [0.1, 0.15) is 40.5 Å². The summed E-state index contributed by atoms with van der Waals surface area (Å²) in [5.74, 6) is 1.72. The quantitative estimate of drug-likeness (QED) is 0.604. The summed E-state index contributed by atoms with van der Waals surface area (Å²) >= 11 is 0. The smallest absolute Gasteiger partial charge is 0.000926 e. The molecule has 1 heteroatoms. The van der Waals surface area contributed by atoms with Crippen LogP contribution in [0.5, 0.6) is 0 Å². The van der Waals surface area contributed by atoms with Crippen molar-refractivity contribution in [3.8, 4) is 0 Å². The second-order valence-electron chi connectivity index (χ2n) is 5.88. The third-order valence-corrected chi connectivity index (χ3v) is 3.47. The Morgan fingerprint density at radius 3 is 2.46 bits per heavy atom. The summed E-state index contributed by atoms with van der Waals surface area (Å²) in [6.45, 7) is 12.1. The van der Waals surface area contributed by atoms with Crippen LogP contribution in [0.4, 0.5) is 0 Å². The maximum absolute atomic E-state index is 2.50. The number of nitrogens with zero attached hydrogens (tertiary/aromatic N) is 1. The Morgan fingerprint density at radius 2 is 1.92 bits per heavy atom. The van der Waals surface area contributed by atoms with E-state index in [1.54, 1.807) is 0 Å². The molecule has 1 heterocycles. The minimum atomic E-state index is 0.555. The van der Waals surface area contributed by atoms with Gasteiger partial charge in [-0.15, -0.1) is 0 Å². The molecule has 13 heavy (non-hydrogen) atoms. The van der Waals surface area contributed by atoms with Gasteiger partial charge < -0.3 is 4.90 Å². The molecule has 1 aliphatic heterocycles. The van der Waals surface area contributed by atoms with Gasteiger partial charge in [0, 0.05) is 6.54 Å². The van der Waals surface area contributed by atoms with Gasteiger partial charge in [0.05, 0.1) is 0 Å². The van der Waals surface area contributed by atoms with Crippen molar-refractivity contribution >= 4 is 0 Å². The fraction of sp³-hybridized carbons (Fsp3) is 1.00. The van der Waals surface area contributed by atoms with Crippen LogP contribution in [0, 0.1) is 17.3 Å². The van der Waals surface area contributed by atoms with Gasteiger partial charge >= 0.3 is 0 Å². The highest BCUT2D eigenvalue weighted by Gasteiger charge is 2.29. The zero-order valence-electron chi connectivity index (χ0n) is 9.93. The Labute approximate surface area is 83.5 Å². The lowest BCUT2D eigenvalue weighted by Crippen LogP contribution is -2.26. The van der Waals surface area contributed by atoms with Gasteiger partial charge in [-0.05, 0) is 43.7 Å². The Kier molecular flexibility index (Phi) is 3.39. The first-order valence-corrected chi connectivity index (χ1v) is 5.59. The summed E-state index contributed by atoms with van der Waals surface area (Å²) in [4.78, 5) is 2.50. The highest BCUT2D eigenvalue weighted by Crippen LogP contribution is 2.35. The molecule has 0 N–H and O–H groups in total. The maximum atomic E-state index is 2.50. The highest BCUT2D eigenvalue weighted by molar-refractivity contribution is 4.81. The van der Waals surface area contributed by atoms with E-state index in [9.17, 15) is 0 Å². The number of rotatable bonds is 1. The molecule has 0 aliphatic carbocycles. The van der Waals surface area contributed by atoms with Crippen molar-refractivity contribution in [2.24, 2.45) is 17.3 Å². The van der Waals surface area contributed by atoms with Gasteiger partial charge in [0.1, 0.15) is 0 Å². The lowest BCUT2D eigenvalue weighted by molar-refractivity contribution is 0.226. The Bertz CT molecular complexity index is 161. The zero-order valence-corrected chi connectivity index (χ0v) is 9.93. The van der Waals surface area contributed by atoms with E-state index in [-0.39, 0.29) is 0 Å². The average molecular weight is 183 g/mol. The lowest BCUT2D eigenvalue weighted by atomic mass is 9.78. The Balaban J connectivity index is 2.63. The minimum absolute atomic E-state index is 0.555. The SMILES string of the molecule is CC(C)C1CN(C)CCC(C)(C)C1. The number of likely N-dealkylation sites (tertiary alicyclic amines) is 1. The molecule has 0 spiro atoms. The molecule has 0 bridgehead atoms. The van der Waals surface area contributed by atoms with E-state index in [2.05, 4.69) is 39.6 Å². The summed E-state index contributed by atoms with van der Waals surface area (Å²) in [7, 11) is 2.26. The number of hydrogen-bond acceptors (Lipinski definition) is 1. The van der Waals surface area contributed by atoms with Crippen molar-refractivity contribution < 1.29 is 0 Å². The summed E-state index contributed by atoms with van der Waals surface area (Å²) in [6, 6.07) is 0. The van der Waals surface area contributed by atoms with E-state index in [0.717, 1.165) is 11.8 Å². The van der Waals surface area contributed by atoms with Gasteiger partial charge in [-0.25, -0.2) is 0 Å². The minimum Gasteiger partial charge on any atom is -0.306 e. The first-order valence-electron chi connectivity index (χ1n) is 5.59. The predicted octanol–water partition coefficient (Wildman–Crippen LogP) is 3.01. The third-order valence-electron chi connectivity index (χ3n) is 3.47. The van der Waals surface area contributed by atoms with Crippen LogP contribution in [0.3, 0.4) is 0 Å². The molecule has 0 amide bonds. The van der Waals surface area contributed by atoms with Crippen LogP contribution in [0.15, 0.2) is 0 Å². The van der Waals surface area contributed by atoms with E-state index in [0.29, 0.717) is 5.41 Å². The van der Waals surface area contributed by atoms with Crippen LogP contribution in [0.2, 0.25) is 0 Å². The van der Waals surface area contributed by atoms with E-state index < -0.39 is 0 Å². The van der Waals surface area contributed by atoms with Crippen LogP contribution in [0.25, 0.3) is 0 Å². The topological polar surface area (TPSA) is 3.24 Å². The van der Waals surface area contributed by atoms with Gasteiger partial charge in [0.25, 0.3) is 0 Å². The normalized spacial score (nSPS) is 30.5. The van der Waals surface area contributed by atoms with Crippen LogP contribution >= 0.6 is 0 Å². The van der Waals surface area contributed by atoms with Crippen LogP contribution in [-0.2, 0) is 0 Å². The molecule has 0 radical (unpaired) electrons. The maximum Gasteiger partial charge on any atom is 0.000926 e. The average Bonchev–Trinajstić information content (AvgIpc) is 2.11. The summed E-state index contributed by atoms with van der Waals surface area (Å²) < 4.78 is 0. The fourth-order valence-electron chi connectivity index (χ4n) is 2.31. The van der Waals surface area contributed by atoms with E-state index in [1.807, 2.05) is 0 Å². The second-order valence-corrected chi connectivity index (χ2v) is 5.88. The molecule has 0 aromatic carbocycles. The van der Waals surface area contributed by atoms with Gasteiger partial charge in [-0.3, -0.25) is 0 Å². The molecule has 1 fully saturated rings. The molecule has 1 rings (SSSR count). The molecule has 0 aromatic rings. The fourth-order valence-corrected chi connectivity index (χ4v) is 2.31. The molecule has 1 atom stereocenters. The van der Waals surface area contributed by atoms with Crippen molar-refractivity contribution in [2.75, 3.05) is 20.1 Å². The van der Waals surface area contributed by atoms with Crippen LogP contribution in [-0.4, -0.2) is 25.0 Å². The van der Waals surface area contributed by atoms with Crippen molar-refractivity contribution in [2.45, 2.75) is 40.5 Å². The summed E-state index contributed by atoms with van der Waals surface area (Å²) in [5, 5.41) is 0. The zero-order chi connectivity index (χ0) is 10.1. The Hall–Kier alpha value is -0.0400. The molecule has 1 saturated heterocycles. The monoisotopic (exact) mass is 183 g/mol. The van der Waals surface area contributed by atoms with E-state index in [1.165, 1.54) is 25.9 Å². The van der Waals surface area contributed by atoms with Crippen molar-refractivity contribution in [3.05, 3.63) is 0 Å². The molecule has 1 nitrogen and oxygen atoms in total. The second kappa shape index (κ2) is 4.00. The largest absolute Gasteiger partial charge is 0.306 e. The first kappa shape index (κ1) is 11.0. The summed E-state index contributed by atoms with van der Waals surface area (Å²) in [5.41, 5.74) is 0.555. The summed E-state index contributed by atoms with van der Waals surface area (Å²) in [6.07, 6.45) is 2.75. The van der Waals surface area contributed by atoms with Crippen molar-refractivity contribution in [1.29, 1.82) is 0 Å². The standard InChI is InChI=1S/C12H25N/c1-10(2)11-8-12(3,4)6-7-13(5)9-11/h10-11H,6-9H2,1-5H3. The lowest BCUT2D eigenvalue weighted by Gasteiger charge is -2.28. The molecule has 1 aliphatic rings. The molecule has 0 aromatic heterocycles. The third kappa shape index (κ3) is 3.30. The molecular formula is C12H25N. The molecular weight excluding hydrogens is 158 g/mol. The van der Waals surface area contributed by atoms with Gasteiger partial charge in [0.15, 0.2) is 0 Å². The van der Waals surface area contributed by atoms with Crippen molar-refractivity contribution in [3.63, 3.8) is 0 Å². The highest BCUT2D eigenvalue weighted by atomic mass is 15.1. The Morgan fingerprint density at radius 1 is 1.31 bits per heavy atom. The van der Waals surface area contributed by atoms with Crippen molar-refractivity contribution in [1.82, 2.24) is 4.90 Å². The molecule has 1 unspecified atom stereocenters. The van der Waals surface area contributed by atoms with Gasteiger partial charge in [-0.2, -0.15) is 0 Å². The van der Waals surface area contributed by atoms with E-state index >= 15 is 0 Å².